The van der Waals surface area contributed by atoms with Crippen LogP contribution in [0.2, 0.25) is 10.2 Å². The molecule has 66 valence electrons. The third-order valence-corrected chi connectivity index (χ3v) is 1.81. The normalized spacial score (nSPS) is 8.77. The molecule has 0 aliphatic carbocycles. The lowest BCUT2D eigenvalue weighted by Crippen LogP contribution is -2.06. The molecule has 0 saturated heterocycles. The zero-order valence-electron chi connectivity index (χ0n) is 6.34. The van der Waals surface area contributed by atoms with Gasteiger partial charge in [0.15, 0.2) is 0 Å². The van der Waals surface area contributed by atoms with Gasteiger partial charge < -0.3 is 5.73 Å². The molecule has 0 aliphatic rings. The molecule has 1 amide bonds. The van der Waals surface area contributed by atoms with Gasteiger partial charge in [0.2, 0.25) is 0 Å². The van der Waals surface area contributed by atoms with E-state index in [1.165, 1.54) is 12.3 Å². The van der Waals surface area contributed by atoms with Gasteiger partial charge >= 0.3 is 0 Å². The Labute approximate surface area is 84.9 Å². The van der Waals surface area contributed by atoms with Crippen molar-refractivity contribution in [2.75, 3.05) is 0 Å². The summed E-state index contributed by atoms with van der Waals surface area (Å²) in [6, 6.07) is 1.51. The lowest BCUT2D eigenvalue weighted by atomic mass is 10.3. The smallest absolute Gasteiger partial charge is 0.293 e. The summed E-state index contributed by atoms with van der Waals surface area (Å²) in [5.41, 5.74) is 5.31. The summed E-state index contributed by atoms with van der Waals surface area (Å²) in [5.74, 6) is 3.93. The van der Waals surface area contributed by atoms with Crippen LogP contribution in [-0.2, 0) is 4.79 Å². The van der Waals surface area contributed by atoms with Crippen LogP contribution in [0.1, 0.15) is 5.56 Å². The van der Waals surface area contributed by atoms with Crippen molar-refractivity contribution < 1.29 is 4.79 Å². The van der Waals surface area contributed by atoms with Crippen LogP contribution in [0.25, 0.3) is 0 Å². The molecule has 1 heterocycles. The predicted molar refractivity (Wildman–Crippen MR) is 50.3 cm³/mol. The van der Waals surface area contributed by atoms with Gasteiger partial charge in [0, 0.05) is 17.7 Å². The molecule has 0 aliphatic heterocycles. The highest BCUT2D eigenvalue weighted by Gasteiger charge is 1.98. The van der Waals surface area contributed by atoms with Gasteiger partial charge in [-0.2, -0.15) is 0 Å². The van der Waals surface area contributed by atoms with Crippen LogP contribution in [0.4, 0.5) is 0 Å². The van der Waals surface area contributed by atoms with E-state index in [9.17, 15) is 4.79 Å². The Balaban J connectivity index is 3.00. The largest absolute Gasteiger partial charge is 0.359 e. The second-order valence-electron chi connectivity index (χ2n) is 2.11. The lowest BCUT2D eigenvalue weighted by Gasteiger charge is -1.93. The molecule has 0 radical (unpaired) electrons. The van der Waals surface area contributed by atoms with Crippen LogP contribution in [-0.4, -0.2) is 10.9 Å². The maximum Gasteiger partial charge on any atom is 0.293 e. The van der Waals surface area contributed by atoms with Crippen LogP contribution < -0.4 is 5.73 Å². The fraction of sp³-hybridized carbons (Fsp3) is 0. The summed E-state index contributed by atoms with van der Waals surface area (Å²) >= 11 is 11.2. The number of aromatic nitrogens is 1. The molecule has 1 rings (SSSR count). The molecule has 5 heteroatoms. The molecule has 0 saturated carbocycles. The minimum Gasteiger partial charge on any atom is -0.359 e. The molecule has 0 unspecified atom stereocenters. The molecule has 0 fully saturated rings. The van der Waals surface area contributed by atoms with Gasteiger partial charge in [-0.1, -0.05) is 29.1 Å². The highest BCUT2D eigenvalue weighted by Crippen LogP contribution is 2.18. The van der Waals surface area contributed by atoms with Crippen LogP contribution in [0.3, 0.4) is 0 Å². The number of pyridine rings is 1. The van der Waals surface area contributed by atoms with E-state index in [0.717, 1.165) is 0 Å². The molecule has 0 atom stereocenters. The number of amides is 1. The van der Waals surface area contributed by atoms with Gasteiger partial charge in [-0.3, -0.25) is 4.79 Å². The second kappa shape index (κ2) is 4.13. The number of primary amides is 1. The average molecular weight is 215 g/mol. The highest BCUT2D eigenvalue weighted by atomic mass is 35.5. The number of hydrogen-bond acceptors (Lipinski definition) is 2. The van der Waals surface area contributed by atoms with Crippen molar-refractivity contribution in [1.29, 1.82) is 0 Å². The highest BCUT2D eigenvalue weighted by molar-refractivity contribution is 6.41. The maximum absolute atomic E-state index is 10.3. The van der Waals surface area contributed by atoms with Crippen molar-refractivity contribution in [3.05, 3.63) is 28.0 Å². The van der Waals surface area contributed by atoms with Crippen molar-refractivity contribution in [3.63, 3.8) is 0 Å². The summed E-state index contributed by atoms with van der Waals surface area (Å²) in [7, 11) is 0. The van der Waals surface area contributed by atoms with Gasteiger partial charge in [-0.25, -0.2) is 4.98 Å². The van der Waals surface area contributed by atoms with Gasteiger partial charge in [-0.15, -0.1) is 0 Å². The topological polar surface area (TPSA) is 56.0 Å². The van der Waals surface area contributed by atoms with Gasteiger partial charge in [-0.05, 0) is 6.07 Å². The Morgan fingerprint density at radius 2 is 2.23 bits per heavy atom. The lowest BCUT2D eigenvalue weighted by molar-refractivity contribution is -0.112. The summed E-state index contributed by atoms with van der Waals surface area (Å²) in [6.07, 6.45) is 1.41. The third-order valence-electron chi connectivity index (χ3n) is 1.13. The first-order valence-corrected chi connectivity index (χ1v) is 3.97. The van der Waals surface area contributed by atoms with Crippen LogP contribution >= 0.6 is 23.2 Å². The van der Waals surface area contributed by atoms with E-state index < -0.39 is 5.91 Å². The Morgan fingerprint density at radius 1 is 1.54 bits per heavy atom. The third kappa shape index (κ3) is 2.94. The number of halogens is 2. The maximum atomic E-state index is 10.3. The zero-order chi connectivity index (χ0) is 9.84. The molecule has 1 aromatic heterocycles. The molecular weight excluding hydrogens is 211 g/mol. The molecule has 0 bridgehead atoms. The second-order valence-corrected chi connectivity index (χ2v) is 2.88. The van der Waals surface area contributed by atoms with Crippen LogP contribution in [0.15, 0.2) is 12.3 Å². The summed E-state index contributed by atoms with van der Waals surface area (Å²) < 4.78 is 0. The number of carbonyl (C=O) groups is 1. The quantitative estimate of drug-likeness (QED) is 0.522. The van der Waals surface area contributed by atoms with Crippen molar-refractivity contribution in [3.8, 4) is 11.8 Å². The SMILES string of the molecule is NC(=O)C#Cc1cnc(Cl)c(Cl)c1. The number of hydrogen-bond donors (Lipinski definition) is 1. The Hall–Kier alpha value is -1.24. The van der Waals surface area contributed by atoms with Gasteiger partial charge in [0.05, 0.1) is 5.02 Å². The number of nitrogens with zero attached hydrogens (tertiary/aromatic N) is 1. The standard InChI is InChI=1S/C8H4Cl2N2O/c9-6-3-5(1-2-7(11)13)4-12-8(6)10/h3-4H,(H2,11,13). The molecule has 0 aromatic carbocycles. The van der Waals surface area contributed by atoms with Crippen LogP contribution in [0, 0.1) is 11.8 Å². The Kier molecular flexibility index (Phi) is 3.13. The van der Waals surface area contributed by atoms with E-state index >= 15 is 0 Å². The predicted octanol–water partition coefficient (Wildman–Crippen LogP) is 1.23. The fourth-order valence-corrected chi connectivity index (χ4v) is 0.893. The summed E-state index contributed by atoms with van der Waals surface area (Å²) in [4.78, 5) is 14.0. The van der Waals surface area contributed by atoms with E-state index in [2.05, 4.69) is 16.8 Å². The molecule has 1 aromatic rings. The van der Waals surface area contributed by atoms with Crippen molar-refractivity contribution >= 4 is 29.1 Å². The average Bonchev–Trinajstić information content (AvgIpc) is 2.07. The molecular formula is C8H4Cl2N2O. The summed E-state index contributed by atoms with van der Waals surface area (Å²) in [5, 5.41) is 0.490. The van der Waals surface area contributed by atoms with E-state index in [4.69, 9.17) is 28.9 Å². The first-order chi connectivity index (χ1) is 6.09. The first kappa shape index (κ1) is 9.85. The van der Waals surface area contributed by atoms with Gasteiger partial charge in [0.25, 0.3) is 5.91 Å². The molecule has 13 heavy (non-hydrogen) atoms. The van der Waals surface area contributed by atoms with E-state index in [-0.39, 0.29) is 10.2 Å². The first-order valence-electron chi connectivity index (χ1n) is 3.22. The molecule has 3 nitrogen and oxygen atoms in total. The Morgan fingerprint density at radius 3 is 2.77 bits per heavy atom. The Bertz CT molecular complexity index is 406. The zero-order valence-corrected chi connectivity index (χ0v) is 7.86. The minimum atomic E-state index is -0.703. The monoisotopic (exact) mass is 214 g/mol. The van der Waals surface area contributed by atoms with Crippen molar-refractivity contribution in [1.82, 2.24) is 4.98 Å². The summed E-state index contributed by atoms with van der Waals surface area (Å²) in [6.45, 7) is 0. The van der Waals surface area contributed by atoms with E-state index in [0.29, 0.717) is 5.56 Å². The van der Waals surface area contributed by atoms with Crippen LogP contribution in [0.5, 0.6) is 0 Å². The van der Waals surface area contributed by atoms with Gasteiger partial charge in [0.1, 0.15) is 5.15 Å². The number of nitrogens with two attached hydrogens (primary N) is 1. The number of rotatable bonds is 0. The minimum absolute atomic E-state index is 0.200. The fourth-order valence-electron chi connectivity index (χ4n) is 0.623. The van der Waals surface area contributed by atoms with Crippen molar-refractivity contribution in [2.24, 2.45) is 5.73 Å². The van der Waals surface area contributed by atoms with E-state index in [1.54, 1.807) is 0 Å². The van der Waals surface area contributed by atoms with E-state index in [1.807, 2.05) is 0 Å². The molecule has 0 spiro atoms. The number of carbonyl (C=O) groups excluding carboxylic acids is 1. The molecule has 2 N–H and O–H groups in total. The van der Waals surface area contributed by atoms with Crippen molar-refractivity contribution in [2.45, 2.75) is 0 Å².